The van der Waals surface area contributed by atoms with Gasteiger partial charge in [0.2, 0.25) is 0 Å². The van der Waals surface area contributed by atoms with E-state index in [-0.39, 0.29) is 11.9 Å². The molecule has 1 saturated heterocycles. The normalized spacial score (nSPS) is 20.6. The van der Waals surface area contributed by atoms with E-state index < -0.39 is 0 Å². The van der Waals surface area contributed by atoms with Crippen LogP contribution in [-0.2, 0) is 0 Å². The Morgan fingerprint density at radius 1 is 1.38 bits per heavy atom. The molecule has 116 valence electrons. The third-order valence-corrected chi connectivity index (χ3v) is 4.50. The molecule has 21 heavy (non-hydrogen) atoms. The molecule has 1 aliphatic carbocycles. The molecule has 1 aliphatic heterocycles. The number of carbonyl (C=O) groups excluding carboxylic acids is 1. The summed E-state index contributed by atoms with van der Waals surface area (Å²) in [6.07, 6.45) is 5.48. The number of hydrogen-bond acceptors (Lipinski definition) is 4. The van der Waals surface area contributed by atoms with Gasteiger partial charge >= 0.3 is 0 Å². The first kappa shape index (κ1) is 14.4. The van der Waals surface area contributed by atoms with Gasteiger partial charge in [-0.05, 0) is 38.6 Å². The Labute approximate surface area is 125 Å². The van der Waals surface area contributed by atoms with Crippen molar-refractivity contribution in [2.24, 2.45) is 0 Å². The number of nitrogen functional groups attached to an aromatic ring is 1. The molecule has 1 amide bonds. The third-order valence-electron chi connectivity index (χ3n) is 4.50. The van der Waals surface area contributed by atoms with Crippen molar-refractivity contribution in [1.29, 1.82) is 0 Å². The zero-order chi connectivity index (χ0) is 14.8. The summed E-state index contributed by atoms with van der Waals surface area (Å²) in [7, 11) is 0. The number of anilines is 1. The minimum absolute atomic E-state index is 0.135. The van der Waals surface area contributed by atoms with E-state index in [2.05, 4.69) is 27.3 Å². The van der Waals surface area contributed by atoms with Gasteiger partial charge in [0.25, 0.3) is 5.91 Å². The zero-order valence-corrected chi connectivity index (χ0v) is 12.7. The predicted molar refractivity (Wildman–Crippen MR) is 82.2 cm³/mol. The van der Waals surface area contributed by atoms with Crippen LogP contribution in [-0.4, -0.2) is 46.7 Å². The highest BCUT2D eigenvalue weighted by Crippen LogP contribution is 2.42. The number of nitrogens with two attached hydrogens (primary N) is 1. The molecular formula is C15H25N5O. The van der Waals surface area contributed by atoms with Crippen molar-refractivity contribution < 1.29 is 4.79 Å². The van der Waals surface area contributed by atoms with Gasteiger partial charge in [0.1, 0.15) is 0 Å². The fraction of sp³-hybridized carbons (Fsp3) is 0.733. The minimum atomic E-state index is -0.135. The van der Waals surface area contributed by atoms with Crippen molar-refractivity contribution in [1.82, 2.24) is 20.4 Å². The lowest BCUT2D eigenvalue weighted by atomic mass is 10.0. The van der Waals surface area contributed by atoms with Crippen molar-refractivity contribution in [3.8, 4) is 0 Å². The Kier molecular flexibility index (Phi) is 4.14. The minimum Gasteiger partial charge on any atom is -0.395 e. The Bertz CT molecular complexity index is 500. The lowest BCUT2D eigenvalue weighted by Crippen LogP contribution is -2.45. The number of nitrogens with one attached hydrogen (secondary N) is 2. The van der Waals surface area contributed by atoms with Crippen LogP contribution in [0, 0.1) is 0 Å². The van der Waals surface area contributed by atoms with E-state index >= 15 is 0 Å². The quantitative estimate of drug-likeness (QED) is 0.766. The van der Waals surface area contributed by atoms with Crippen LogP contribution in [0.25, 0.3) is 0 Å². The largest absolute Gasteiger partial charge is 0.395 e. The van der Waals surface area contributed by atoms with E-state index in [0.29, 0.717) is 17.3 Å². The first-order valence-electron chi connectivity index (χ1n) is 8.06. The molecule has 0 unspecified atom stereocenters. The fourth-order valence-electron chi connectivity index (χ4n) is 3.09. The zero-order valence-electron chi connectivity index (χ0n) is 12.7. The number of H-pyrrole nitrogens is 1. The van der Waals surface area contributed by atoms with Crippen LogP contribution in [0.3, 0.4) is 0 Å². The summed E-state index contributed by atoms with van der Waals surface area (Å²) < 4.78 is 0. The van der Waals surface area contributed by atoms with Crippen molar-refractivity contribution in [2.45, 2.75) is 51.0 Å². The molecule has 6 heteroatoms. The molecule has 3 rings (SSSR count). The van der Waals surface area contributed by atoms with E-state index in [4.69, 9.17) is 5.73 Å². The summed E-state index contributed by atoms with van der Waals surface area (Å²) in [5, 5.41) is 10.1. The van der Waals surface area contributed by atoms with E-state index in [1.807, 2.05) is 0 Å². The van der Waals surface area contributed by atoms with Gasteiger partial charge in [-0.3, -0.25) is 9.89 Å². The van der Waals surface area contributed by atoms with Crippen LogP contribution < -0.4 is 11.1 Å². The summed E-state index contributed by atoms with van der Waals surface area (Å²) in [5.41, 5.74) is 7.90. The van der Waals surface area contributed by atoms with Crippen LogP contribution in [0.1, 0.15) is 61.1 Å². The van der Waals surface area contributed by atoms with Crippen molar-refractivity contribution >= 4 is 11.6 Å². The summed E-state index contributed by atoms with van der Waals surface area (Å²) in [6, 6.07) is 0.242. The number of rotatable bonds is 5. The number of aromatic amines is 1. The van der Waals surface area contributed by atoms with Crippen molar-refractivity contribution in [2.75, 3.05) is 25.4 Å². The number of aromatic nitrogens is 2. The van der Waals surface area contributed by atoms with Gasteiger partial charge in [-0.1, -0.05) is 6.92 Å². The van der Waals surface area contributed by atoms with E-state index in [0.717, 1.165) is 51.0 Å². The average molecular weight is 291 g/mol. The second-order valence-corrected chi connectivity index (χ2v) is 6.26. The van der Waals surface area contributed by atoms with Crippen LogP contribution in [0.4, 0.5) is 5.69 Å². The number of amides is 1. The number of hydrogen-bond donors (Lipinski definition) is 3. The van der Waals surface area contributed by atoms with Gasteiger partial charge in [-0.25, -0.2) is 0 Å². The second-order valence-electron chi connectivity index (χ2n) is 6.26. The van der Waals surface area contributed by atoms with Crippen LogP contribution in [0.5, 0.6) is 0 Å². The van der Waals surface area contributed by atoms with Gasteiger partial charge < -0.3 is 16.0 Å². The van der Waals surface area contributed by atoms with Crippen molar-refractivity contribution in [3.63, 3.8) is 0 Å². The Morgan fingerprint density at radius 3 is 2.71 bits per heavy atom. The molecule has 1 saturated carbocycles. The van der Waals surface area contributed by atoms with Gasteiger partial charge in [-0.2, -0.15) is 5.10 Å². The molecule has 0 spiro atoms. The smallest absolute Gasteiger partial charge is 0.274 e. The van der Waals surface area contributed by atoms with Crippen molar-refractivity contribution in [3.05, 3.63) is 11.4 Å². The Balaban J connectivity index is 1.55. The summed E-state index contributed by atoms with van der Waals surface area (Å²) in [6.45, 7) is 5.47. The first-order chi connectivity index (χ1) is 10.2. The summed E-state index contributed by atoms with van der Waals surface area (Å²) in [5.74, 6) is 0.348. The predicted octanol–water partition coefficient (Wildman–Crippen LogP) is 1.47. The maximum atomic E-state index is 12.3. The molecule has 1 aromatic rings. The maximum Gasteiger partial charge on any atom is 0.274 e. The third kappa shape index (κ3) is 3.20. The fourth-order valence-corrected chi connectivity index (χ4v) is 3.09. The standard InChI is InChI=1S/C15H25N5O/c1-2-7-20-8-5-11(6-9-20)17-15(21)14-12(16)13(18-19-14)10-3-4-10/h10-11H,2-9,16H2,1H3,(H,17,21)(H,18,19). The second kappa shape index (κ2) is 6.05. The van der Waals surface area contributed by atoms with E-state index in [1.54, 1.807) is 0 Å². The molecule has 0 bridgehead atoms. The number of nitrogens with zero attached hydrogens (tertiary/aromatic N) is 2. The molecule has 0 atom stereocenters. The number of piperidine rings is 1. The van der Waals surface area contributed by atoms with Crippen LogP contribution in [0.15, 0.2) is 0 Å². The van der Waals surface area contributed by atoms with Gasteiger partial charge in [0.15, 0.2) is 5.69 Å². The van der Waals surface area contributed by atoms with E-state index in [1.165, 1.54) is 6.42 Å². The van der Waals surface area contributed by atoms with Crippen LogP contribution >= 0.6 is 0 Å². The average Bonchev–Trinajstić information content (AvgIpc) is 3.24. The van der Waals surface area contributed by atoms with Gasteiger partial charge in [0, 0.05) is 25.0 Å². The van der Waals surface area contributed by atoms with Gasteiger partial charge in [0.05, 0.1) is 11.4 Å². The summed E-state index contributed by atoms with van der Waals surface area (Å²) >= 11 is 0. The molecule has 1 aromatic heterocycles. The molecular weight excluding hydrogens is 266 g/mol. The lowest BCUT2D eigenvalue weighted by molar-refractivity contribution is 0.0907. The SMILES string of the molecule is CCCN1CCC(NC(=O)c2n[nH]c(C3CC3)c2N)CC1. The molecule has 0 aromatic carbocycles. The lowest BCUT2D eigenvalue weighted by Gasteiger charge is -2.31. The molecule has 0 radical (unpaired) electrons. The van der Waals surface area contributed by atoms with Gasteiger partial charge in [-0.15, -0.1) is 0 Å². The van der Waals surface area contributed by atoms with E-state index in [9.17, 15) is 4.79 Å². The highest BCUT2D eigenvalue weighted by molar-refractivity contribution is 5.97. The monoisotopic (exact) mass is 291 g/mol. The first-order valence-corrected chi connectivity index (χ1v) is 8.06. The number of likely N-dealkylation sites (tertiary alicyclic amines) is 1. The Morgan fingerprint density at radius 2 is 2.10 bits per heavy atom. The molecule has 4 N–H and O–H groups in total. The highest BCUT2D eigenvalue weighted by Gasteiger charge is 2.31. The Hall–Kier alpha value is -1.56. The van der Waals surface area contributed by atoms with Crippen LogP contribution in [0.2, 0.25) is 0 Å². The molecule has 2 fully saturated rings. The summed E-state index contributed by atoms with van der Waals surface area (Å²) in [4.78, 5) is 14.8. The molecule has 2 heterocycles. The highest BCUT2D eigenvalue weighted by atomic mass is 16.2. The number of carbonyl (C=O) groups is 1. The maximum absolute atomic E-state index is 12.3. The topological polar surface area (TPSA) is 87.0 Å². The molecule has 6 nitrogen and oxygen atoms in total. The molecule has 2 aliphatic rings.